The van der Waals surface area contributed by atoms with E-state index in [1.807, 2.05) is 13.8 Å². The van der Waals surface area contributed by atoms with Crippen molar-refractivity contribution < 1.29 is 13.2 Å². The minimum absolute atomic E-state index is 0.152. The zero-order valence-electron chi connectivity index (χ0n) is 12.6. The van der Waals surface area contributed by atoms with Crippen molar-refractivity contribution in [3.63, 3.8) is 0 Å². The SMILES string of the molecule is CC(C)NS(=O)(=O)c1ccc(NC(=O)C(Br)C(C)C)cc1. The number of anilines is 1. The van der Waals surface area contributed by atoms with Gasteiger partial charge in [0.05, 0.1) is 9.72 Å². The molecule has 0 spiro atoms. The smallest absolute Gasteiger partial charge is 0.240 e. The number of nitrogens with one attached hydrogen (secondary N) is 2. The summed E-state index contributed by atoms with van der Waals surface area (Å²) in [6.07, 6.45) is 0. The Morgan fingerprint density at radius 2 is 1.62 bits per heavy atom. The van der Waals surface area contributed by atoms with Gasteiger partial charge in [0.25, 0.3) is 0 Å². The Kier molecular flexibility index (Phi) is 6.37. The molecule has 1 aromatic rings. The zero-order valence-corrected chi connectivity index (χ0v) is 15.0. The molecule has 0 aliphatic heterocycles. The number of alkyl halides is 1. The second-order valence-electron chi connectivity index (χ2n) is 5.44. The Morgan fingerprint density at radius 3 is 2.05 bits per heavy atom. The Morgan fingerprint density at radius 1 is 1.10 bits per heavy atom. The lowest BCUT2D eigenvalue weighted by molar-refractivity contribution is -0.116. The molecule has 0 bridgehead atoms. The van der Waals surface area contributed by atoms with Gasteiger partial charge < -0.3 is 5.32 Å². The Hall–Kier alpha value is -0.920. The summed E-state index contributed by atoms with van der Waals surface area (Å²) in [6, 6.07) is 5.92. The third kappa shape index (κ3) is 5.41. The first-order chi connectivity index (χ1) is 9.63. The van der Waals surface area contributed by atoms with E-state index in [0.29, 0.717) is 5.69 Å². The third-order valence-electron chi connectivity index (χ3n) is 2.66. The van der Waals surface area contributed by atoms with Crippen LogP contribution in [-0.2, 0) is 14.8 Å². The molecular formula is C14H21BrN2O3S. The lowest BCUT2D eigenvalue weighted by atomic mass is 10.1. The van der Waals surface area contributed by atoms with E-state index in [1.165, 1.54) is 12.1 Å². The third-order valence-corrected chi connectivity index (χ3v) is 5.81. The highest BCUT2D eigenvalue weighted by molar-refractivity contribution is 9.10. The summed E-state index contributed by atoms with van der Waals surface area (Å²) in [5.41, 5.74) is 0.564. The molecule has 1 amide bonds. The number of hydrogen-bond acceptors (Lipinski definition) is 3. The molecule has 0 aliphatic carbocycles. The van der Waals surface area contributed by atoms with Crippen molar-refractivity contribution in [1.82, 2.24) is 4.72 Å². The molecule has 0 aliphatic rings. The highest BCUT2D eigenvalue weighted by Crippen LogP contribution is 2.17. The number of halogens is 1. The van der Waals surface area contributed by atoms with Crippen LogP contribution in [0.3, 0.4) is 0 Å². The maximum atomic E-state index is 12.0. The Labute approximate surface area is 134 Å². The monoisotopic (exact) mass is 376 g/mol. The number of sulfonamides is 1. The maximum Gasteiger partial charge on any atom is 0.240 e. The van der Waals surface area contributed by atoms with Gasteiger partial charge in [0.2, 0.25) is 15.9 Å². The summed E-state index contributed by atoms with van der Waals surface area (Å²) < 4.78 is 26.4. The van der Waals surface area contributed by atoms with Gasteiger partial charge in [-0.1, -0.05) is 29.8 Å². The van der Waals surface area contributed by atoms with Gasteiger partial charge in [0.1, 0.15) is 0 Å². The second kappa shape index (κ2) is 7.38. The van der Waals surface area contributed by atoms with Crippen LogP contribution in [0, 0.1) is 5.92 Å². The topological polar surface area (TPSA) is 75.3 Å². The lowest BCUT2D eigenvalue weighted by Crippen LogP contribution is -2.30. The van der Waals surface area contributed by atoms with Crippen molar-refractivity contribution in [2.75, 3.05) is 5.32 Å². The summed E-state index contributed by atoms with van der Waals surface area (Å²) >= 11 is 3.32. The molecule has 1 unspecified atom stereocenters. The van der Waals surface area contributed by atoms with Gasteiger partial charge in [-0.05, 0) is 44.0 Å². The quantitative estimate of drug-likeness (QED) is 0.749. The van der Waals surface area contributed by atoms with E-state index in [0.717, 1.165) is 0 Å². The molecular weight excluding hydrogens is 356 g/mol. The Bertz CT molecular complexity index is 583. The first-order valence-corrected chi connectivity index (χ1v) is 9.10. The summed E-state index contributed by atoms with van der Waals surface area (Å²) in [5, 5.41) is 2.74. The molecule has 0 saturated carbocycles. The molecule has 1 rings (SSSR count). The van der Waals surface area contributed by atoms with Gasteiger partial charge in [0, 0.05) is 11.7 Å². The van der Waals surface area contributed by atoms with Crippen LogP contribution in [0.1, 0.15) is 27.7 Å². The summed E-state index contributed by atoms with van der Waals surface area (Å²) in [4.78, 5) is 11.8. The van der Waals surface area contributed by atoms with Crippen LogP contribution in [0.4, 0.5) is 5.69 Å². The van der Waals surface area contributed by atoms with Gasteiger partial charge in [-0.15, -0.1) is 0 Å². The molecule has 1 atom stereocenters. The van der Waals surface area contributed by atoms with Crippen LogP contribution in [0.5, 0.6) is 0 Å². The van der Waals surface area contributed by atoms with Crippen molar-refractivity contribution in [1.29, 1.82) is 0 Å². The average Bonchev–Trinajstić information content (AvgIpc) is 2.36. The molecule has 5 nitrogen and oxygen atoms in total. The van der Waals surface area contributed by atoms with E-state index in [4.69, 9.17) is 0 Å². The maximum absolute atomic E-state index is 12.0. The standard InChI is InChI=1S/C14H21BrN2O3S/c1-9(2)13(15)14(18)16-11-5-7-12(8-6-11)21(19,20)17-10(3)4/h5-10,13,17H,1-4H3,(H,16,18). The zero-order chi connectivity index (χ0) is 16.2. The number of carbonyl (C=O) groups excluding carboxylic acids is 1. The number of benzene rings is 1. The predicted octanol–water partition coefficient (Wildman–Crippen LogP) is 2.73. The normalized spacial score (nSPS) is 13.5. The van der Waals surface area contributed by atoms with Crippen molar-refractivity contribution in [3.05, 3.63) is 24.3 Å². The van der Waals surface area contributed by atoms with Crippen LogP contribution < -0.4 is 10.0 Å². The largest absolute Gasteiger partial charge is 0.325 e. The number of amides is 1. The minimum Gasteiger partial charge on any atom is -0.325 e. The first kappa shape index (κ1) is 18.1. The molecule has 7 heteroatoms. The van der Waals surface area contributed by atoms with E-state index < -0.39 is 10.0 Å². The Balaban J connectivity index is 2.82. The molecule has 0 saturated heterocycles. The minimum atomic E-state index is -3.51. The van der Waals surface area contributed by atoms with E-state index in [-0.39, 0.29) is 27.6 Å². The molecule has 0 aromatic heterocycles. The van der Waals surface area contributed by atoms with E-state index in [1.54, 1.807) is 26.0 Å². The van der Waals surface area contributed by atoms with Crippen molar-refractivity contribution in [2.45, 2.75) is 43.5 Å². The summed E-state index contributed by atoms with van der Waals surface area (Å²) in [5.74, 6) is 0.0146. The molecule has 2 N–H and O–H groups in total. The summed E-state index contributed by atoms with van der Waals surface area (Å²) in [6.45, 7) is 7.39. The fourth-order valence-corrected chi connectivity index (χ4v) is 2.98. The fraction of sp³-hybridized carbons (Fsp3) is 0.500. The van der Waals surface area contributed by atoms with Crippen LogP contribution in [0.2, 0.25) is 0 Å². The first-order valence-electron chi connectivity index (χ1n) is 6.71. The average molecular weight is 377 g/mol. The van der Waals surface area contributed by atoms with E-state index >= 15 is 0 Å². The van der Waals surface area contributed by atoms with Gasteiger partial charge in [-0.3, -0.25) is 4.79 Å². The van der Waals surface area contributed by atoms with Crippen molar-refractivity contribution in [2.24, 2.45) is 5.92 Å². The van der Waals surface area contributed by atoms with E-state index in [9.17, 15) is 13.2 Å². The van der Waals surface area contributed by atoms with Gasteiger partial charge in [0.15, 0.2) is 0 Å². The number of carbonyl (C=O) groups is 1. The van der Waals surface area contributed by atoms with E-state index in [2.05, 4.69) is 26.0 Å². The summed E-state index contributed by atoms with van der Waals surface area (Å²) in [7, 11) is -3.51. The highest BCUT2D eigenvalue weighted by Gasteiger charge is 2.19. The lowest BCUT2D eigenvalue weighted by Gasteiger charge is -2.14. The fourth-order valence-electron chi connectivity index (χ4n) is 1.61. The molecule has 21 heavy (non-hydrogen) atoms. The van der Waals surface area contributed by atoms with Crippen molar-refractivity contribution >= 4 is 37.5 Å². The molecule has 1 aromatic carbocycles. The number of rotatable bonds is 6. The number of hydrogen-bond donors (Lipinski definition) is 2. The molecule has 0 heterocycles. The molecule has 118 valence electrons. The van der Waals surface area contributed by atoms with Crippen LogP contribution in [0.25, 0.3) is 0 Å². The second-order valence-corrected chi connectivity index (χ2v) is 8.14. The highest BCUT2D eigenvalue weighted by atomic mass is 79.9. The van der Waals surface area contributed by atoms with Crippen LogP contribution >= 0.6 is 15.9 Å². The van der Waals surface area contributed by atoms with Gasteiger partial charge in [-0.25, -0.2) is 13.1 Å². The predicted molar refractivity (Wildman–Crippen MR) is 88.1 cm³/mol. The van der Waals surface area contributed by atoms with Crippen molar-refractivity contribution in [3.8, 4) is 0 Å². The van der Waals surface area contributed by atoms with Gasteiger partial charge >= 0.3 is 0 Å². The van der Waals surface area contributed by atoms with Crippen LogP contribution in [-0.4, -0.2) is 25.2 Å². The molecule has 0 fully saturated rings. The van der Waals surface area contributed by atoms with Crippen LogP contribution in [0.15, 0.2) is 29.2 Å². The van der Waals surface area contributed by atoms with Gasteiger partial charge in [-0.2, -0.15) is 0 Å². The molecule has 0 radical (unpaired) electrons.